The van der Waals surface area contributed by atoms with Gasteiger partial charge in [0, 0.05) is 30.1 Å². The maximum Gasteiger partial charge on any atom is 0.336 e. The summed E-state index contributed by atoms with van der Waals surface area (Å²) in [5, 5.41) is 0.833. The predicted octanol–water partition coefficient (Wildman–Crippen LogP) is 3.35. The van der Waals surface area contributed by atoms with Crippen LogP contribution in [0.1, 0.15) is 38.5 Å². The standard InChI is InChI=1S/C20H23NO4/c22-19(21-11-3-5-14-4-1-2-6-17(14)21)13-24-16-9-7-15-8-10-20(23)25-18(15)12-16/h7-10,12,14,17H,1-6,11,13H2/t14-,17+/m1/s1. The molecule has 1 aliphatic carbocycles. The Labute approximate surface area is 146 Å². The molecule has 0 spiro atoms. The van der Waals surface area contributed by atoms with Gasteiger partial charge in [0.15, 0.2) is 6.61 Å². The highest BCUT2D eigenvalue weighted by atomic mass is 16.5. The number of piperidine rings is 1. The van der Waals surface area contributed by atoms with Crippen LogP contribution in [-0.2, 0) is 4.79 Å². The maximum absolute atomic E-state index is 12.7. The Hall–Kier alpha value is -2.30. The molecule has 4 rings (SSSR count). The van der Waals surface area contributed by atoms with Crippen LogP contribution < -0.4 is 10.4 Å². The van der Waals surface area contributed by atoms with Crippen molar-refractivity contribution < 1.29 is 13.9 Å². The highest BCUT2D eigenvalue weighted by Gasteiger charge is 2.35. The maximum atomic E-state index is 12.7. The number of likely N-dealkylation sites (tertiary alicyclic amines) is 1. The van der Waals surface area contributed by atoms with Crippen molar-refractivity contribution in [2.45, 2.75) is 44.6 Å². The van der Waals surface area contributed by atoms with E-state index in [4.69, 9.17) is 9.15 Å². The van der Waals surface area contributed by atoms with Crippen LogP contribution in [0.5, 0.6) is 5.75 Å². The zero-order valence-corrected chi connectivity index (χ0v) is 14.3. The van der Waals surface area contributed by atoms with Crippen molar-refractivity contribution in [3.05, 3.63) is 40.8 Å². The Balaban J connectivity index is 1.43. The first kappa shape index (κ1) is 16.2. The second kappa shape index (κ2) is 6.90. The first-order chi connectivity index (χ1) is 12.2. The van der Waals surface area contributed by atoms with Gasteiger partial charge in [-0.25, -0.2) is 4.79 Å². The van der Waals surface area contributed by atoms with Crippen LogP contribution in [0.25, 0.3) is 11.0 Å². The lowest BCUT2D eigenvalue weighted by Gasteiger charge is -2.44. The second-order valence-corrected chi connectivity index (χ2v) is 7.08. The third-order valence-corrected chi connectivity index (χ3v) is 5.52. The van der Waals surface area contributed by atoms with E-state index < -0.39 is 5.63 Å². The van der Waals surface area contributed by atoms with Crippen molar-refractivity contribution in [2.75, 3.05) is 13.2 Å². The zero-order valence-electron chi connectivity index (χ0n) is 14.3. The Bertz CT molecular complexity index is 826. The van der Waals surface area contributed by atoms with E-state index in [1.165, 1.54) is 31.7 Å². The minimum Gasteiger partial charge on any atom is -0.484 e. The predicted molar refractivity (Wildman–Crippen MR) is 94.7 cm³/mol. The van der Waals surface area contributed by atoms with Crippen LogP contribution in [0.3, 0.4) is 0 Å². The van der Waals surface area contributed by atoms with Gasteiger partial charge in [-0.2, -0.15) is 0 Å². The number of carbonyl (C=O) groups excluding carboxylic acids is 1. The van der Waals surface area contributed by atoms with Crippen LogP contribution in [0, 0.1) is 5.92 Å². The van der Waals surface area contributed by atoms with Gasteiger partial charge in [-0.1, -0.05) is 12.8 Å². The monoisotopic (exact) mass is 341 g/mol. The fraction of sp³-hybridized carbons (Fsp3) is 0.500. The summed E-state index contributed by atoms with van der Waals surface area (Å²) in [6.07, 6.45) is 7.22. The SMILES string of the molecule is O=C(COc1ccc2ccc(=O)oc2c1)N1CCC[C@H]2CCCC[C@@H]21. The first-order valence-corrected chi connectivity index (χ1v) is 9.17. The minimum atomic E-state index is -0.391. The van der Waals surface area contributed by atoms with Gasteiger partial charge in [0.2, 0.25) is 0 Å². The molecule has 1 amide bonds. The molecule has 1 aromatic carbocycles. The molecule has 1 aliphatic heterocycles. The van der Waals surface area contributed by atoms with Gasteiger partial charge in [0.05, 0.1) is 0 Å². The van der Waals surface area contributed by atoms with E-state index in [-0.39, 0.29) is 12.5 Å². The van der Waals surface area contributed by atoms with Gasteiger partial charge in [-0.15, -0.1) is 0 Å². The zero-order chi connectivity index (χ0) is 17.2. The molecule has 0 N–H and O–H groups in total. The number of carbonyl (C=O) groups is 1. The summed E-state index contributed by atoms with van der Waals surface area (Å²) in [6, 6.07) is 8.80. The number of amides is 1. The number of nitrogens with zero attached hydrogens (tertiary/aromatic N) is 1. The fourth-order valence-electron chi connectivity index (χ4n) is 4.29. The molecule has 0 radical (unpaired) electrons. The van der Waals surface area contributed by atoms with Crippen LogP contribution in [0.2, 0.25) is 0 Å². The van der Waals surface area contributed by atoms with Gasteiger partial charge < -0.3 is 14.1 Å². The van der Waals surface area contributed by atoms with Gasteiger partial charge in [0.25, 0.3) is 5.91 Å². The smallest absolute Gasteiger partial charge is 0.336 e. The molecule has 1 saturated heterocycles. The summed E-state index contributed by atoms with van der Waals surface area (Å²) in [6.45, 7) is 0.877. The molecule has 2 atom stereocenters. The molecule has 0 bridgehead atoms. The van der Waals surface area contributed by atoms with Gasteiger partial charge in [0.1, 0.15) is 11.3 Å². The number of fused-ring (bicyclic) bond motifs is 2. The summed E-state index contributed by atoms with van der Waals surface area (Å²) in [5.41, 5.74) is 0.0835. The molecule has 1 aromatic heterocycles. The average molecular weight is 341 g/mol. The van der Waals surface area contributed by atoms with E-state index in [1.807, 2.05) is 11.0 Å². The Morgan fingerprint density at radius 3 is 2.84 bits per heavy atom. The largest absolute Gasteiger partial charge is 0.484 e. The molecular formula is C20H23NO4. The molecule has 2 fully saturated rings. The third kappa shape index (κ3) is 3.41. The lowest BCUT2D eigenvalue weighted by molar-refractivity contribution is -0.139. The van der Waals surface area contributed by atoms with E-state index in [1.54, 1.807) is 18.2 Å². The summed E-state index contributed by atoms with van der Waals surface area (Å²) in [4.78, 5) is 26.0. The first-order valence-electron chi connectivity index (χ1n) is 9.17. The van der Waals surface area contributed by atoms with Crippen LogP contribution in [-0.4, -0.2) is 30.0 Å². The summed E-state index contributed by atoms with van der Waals surface area (Å²) >= 11 is 0. The number of hydrogen-bond acceptors (Lipinski definition) is 4. The van der Waals surface area contributed by atoms with Crippen LogP contribution in [0.4, 0.5) is 0 Å². The average Bonchev–Trinajstić information content (AvgIpc) is 2.65. The molecule has 5 nitrogen and oxygen atoms in total. The van der Waals surface area contributed by atoms with Gasteiger partial charge in [-0.3, -0.25) is 4.79 Å². The summed E-state index contributed by atoms with van der Waals surface area (Å²) in [5.74, 6) is 1.28. The van der Waals surface area contributed by atoms with Crippen molar-refractivity contribution in [2.24, 2.45) is 5.92 Å². The van der Waals surface area contributed by atoms with Crippen molar-refractivity contribution >= 4 is 16.9 Å². The number of hydrogen-bond donors (Lipinski definition) is 0. The molecule has 2 aliphatic rings. The number of rotatable bonds is 3. The number of benzene rings is 1. The van der Waals surface area contributed by atoms with Gasteiger partial charge in [-0.05, 0) is 49.8 Å². The summed E-state index contributed by atoms with van der Waals surface area (Å²) in [7, 11) is 0. The van der Waals surface area contributed by atoms with Crippen LogP contribution >= 0.6 is 0 Å². The molecule has 2 heterocycles. The molecule has 25 heavy (non-hydrogen) atoms. The molecule has 5 heteroatoms. The second-order valence-electron chi connectivity index (χ2n) is 7.08. The number of ether oxygens (including phenoxy) is 1. The highest BCUT2D eigenvalue weighted by molar-refractivity contribution is 5.79. The van der Waals surface area contributed by atoms with E-state index in [9.17, 15) is 9.59 Å². The highest BCUT2D eigenvalue weighted by Crippen LogP contribution is 2.35. The third-order valence-electron chi connectivity index (χ3n) is 5.52. The molecular weight excluding hydrogens is 318 g/mol. The lowest BCUT2D eigenvalue weighted by atomic mass is 9.78. The van der Waals surface area contributed by atoms with E-state index in [2.05, 4.69) is 0 Å². The minimum absolute atomic E-state index is 0.0335. The van der Waals surface area contributed by atoms with E-state index >= 15 is 0 Å². The quantitative estimate of drug-likeness (QED) is 0.803. The molecule has 0 unspecified atom stereocenters. The van der Waals surface area contributed by atoms with E-state index in [0.717, 1.165) is 24.8 Å². The fourth-order valence-corrected chi connectivity index (χ4v) is 4.29. The van der Waals surface area contributed by atoms with Gasteiger partial charge >= 0.3 is 5.63 Å². The molecule has 1 saturated carbocycles. The Morgan fingerprint density at radius 1 is 1.12 bits per heavy atom. The van der Waals surface area contributed by atoms with Crippen molar-refractivity contribution in [3.8, 4) is 5.75 Å². The summed E-state index contributed by atoms with van der Waals surface area (Å²) < 4.78 is 10.9. The normalized spacial score (nSPS) is 23.3. The van der Waals surface area contributed by atoms with Crippen molar-refractivity contribution in [1.29, 1.82) is 0 Å². The van der Waals surface area contributed by atoms with Crippen molar-refractivity contribution in [3.63, 3.8) is 0 Å². The lowest BCUT2D eigenvalue weighted by Crippen LogP contribution is -2.51. The van der Waals surface area contributed by atoms with Crippen molar-refractivity contribution in [1.82, 2.24) is 4.90 Å². The Morgan fingerprint density at radius 2 is 1.92 bits per heavy atom. The van der Waals surface area contributed by atoms with E-state index in [0.29, 0.717) is 23.3 Å². The Kier molecular flexibility index (Phi) is 4.47. The topological polar surface area (TPSA) is 59.8 Å². The van der Waals surface area contributed by atoms with Crippen LogP contribution in [0.15, 0.2) is 39.5 Å². The molecule has 2 aromatic rings. The molecule has 132 valence electrons.